The number of ether oxygens (including phenoxy) is 2. The third-order valence-corrected chi connectivity index (χ3v) is 11.2. The Bertz CT molecular complexity index is 1680. The molecule has 1 atom stereocenters. The van der Waals surface area contributed by atoms with E-state index in [4.69, 9.17) is 9.47 Å². The molecule has 400 valence electrons. The lowest BCUT2D eigenvalue weighted by Gasteiger charge is -2.15. The van der Waals surface area contributed by atoms with Gasteiger partial charge in [0.05, 0.1) is 6.61 Å². The predicted octanol–water partition coefficient (Wildman–Crippen LogP) is 19.5. The number of allylic oxidation sites excluding steroid dienone is 30. The van der Waals surface area contributed by atoms with E-state index in [1.165, 1.54) is 57.8 Å². The maximum absolute atomic E-state index is 12.3. The fraction of sp³-hybridized carbons (Fsp3) is 0.522. The molecule has 0 aliphatic carbocycles. The maximum Gasteiger partial charge on any atom is 0.306 e. The third-order valence-electron chi connectivity index (χ3n) is 11.2. The molecule has 0 aromatic heterocycles. The van der Waals surface area contributed by atoms with Crippen molar-refractivity contribution in [3.63, 3.8) is 0 Å². The monoisotopic (exact) mass is 987 g/mol. The minimum Gasteiger partial charge on any atom is -0.462 e. The van der Waals surface area contributed by atoms with Crippen molar-refractivity contribution in [3.05, 3.63) is 182 Å². The Kier molecular flexibility index (Phi) is 56.1. The smallest absolute Gasteiger partial charge is 0.306 e. The van der Waals surface area contributed by atoms with Crippen LogP contribution in [0.5, 0.6) is 0 Å². The van der Waals surface area contributed by atoms with Gasteiger partial charge >= 0.3 is 11.9 Å². The van der Waals surface area contributed by atoms with Crippen LogP contribution in [0, 0.1) is 0 Å². The van der Waals surface area contributed by atoms with Gasteiger partial charge in [-0.15, -0.1) is 0 Å². The summed E-state index contributed by atoms with van der Waals surface area (Å²) in [5, 5.41) is 9.63. The molecule has 0 amide bonds. The van der Waals surface area contributed by atoms with E-state index in [-0.39, 0.29) is 31.6 Å². The van der Waals surface area contributed by atoms with Crippen molar-refractivity contribution in [2.45, 2.75) is 213 Å². The Balaban J connectivity index is 3.65. The number of aliphatic hydroxyl groups is 1. The molecule has 0 aliphatic heterocycles. The van der Waals surface area contributed by atoms with Gasteiger partial charge in [0.2, 0.25) is 0 Å². The molecule has 0 rings (SSSR count). The number of rotatable bonds is 49. The maximum atomic E-state index is 12.3. The highest BCUT2D eigenvalue weighted by atomic mass is 16.6. The van der Waals surface area contributed by atoms with E-state index in [1.807, 2.05) is 12.2 Å². The molecule has 0 bridgehead atoms. The Morgan fingerprint density at radius 2 is 0.583 bits per heavy atom. The van der Waals surface area contributed by atoms with Crippen molar-refractivity contribution >= 4 is 11.9 Å². The molecule has 0 radical (unpaired) electrons. The van der Waals surface area contributed by atoms with Crippen LogP contribution in [0.25, 0.3) is 0 Å². The van der Waals surface area contributed by atoms with E-state index in [2.05, 4.69) is 184 Å². The van der Waals surface area contributed by atoms with Gasteiger partial charge in [0.1, 0.15) is 6.61 Å². The van der Waals surface area contributed by atoms with Crippen LogP contribution in [-0.2, 0) is 19.1 Å². The van der Waals surface area contributed by atoms with Crippen LogP contribution in [0.3, 0.4) is 0 Å². The third kappa shape index (κ3) is 57.6. The summed E-state index contributed by atoms with van der Waals surface area (Å²) in [4.78, 5) is 24.4. The summed E-state index contributed by atoms with van der Waals surface area (Å²) in [6.45, 7) is 3.83. The lowest BCUT2D eigenvalue weighted by molar-refractivity contribution is -0.161. The highest BCUT2D eigenvalue weighted by Gasteiger charge is 2.16. The van der Waals surface area contributed by atoms with Crippen molar-refractivity contribution in [2.75, 3.05) is 13.2 Å². The fourth-order valence-electron chi connectivity index (χ4n) is 7.04. The van der Waals surface area contributed by atoms with Crippen molar-refractivity contribution in [1.82, 2.24) is 0 Å². The molecular weight excluding hydrogens is 885 g/mol. The molecule has 0 aliphatic rings. The highest BCUT2D eigenvalue weighted by Crippen LogP contribution is 2.14. The summed E-state index contributed by atoms with van der Waals surface area (Å²) < 4.78 is 10.6. The lowest BCUT2D eigenvalue weighted by atomic mass is 10.0. The van der Waals surface area contributed by atoms with Gasteiger partial charge in [0.15, 0.2) is 6.10 Å². The van der Waals surface area contributed by atoms with Gasteiger partial charge in [-0.3, -0.25) is 9.59 Å². The van der Waals surface area contributed by atoms with Crippen LogP contribution in [0.2, 0.25) is 0 Å². The minimum atomic E-state index is -0.819. The van der Waals surface area contributed by atoms with Gasteiger partial charge in [-0.05, 0) is 122 Å². The molecule has 72 heavy (non-hydrogen) atoms. The largest absolute Gasteiger partial charge is 0.462 e. The van der Waals surface area contributed by atoms with E-state index in [1.54, 1.807) is 0 Å². The second-order valence-electron chi connectivity index (χ2n) is 17.9. The number of hydrogen-bond acceptors (Lipinski definition) is 5. The van der Waals surface area contributed by atoms with E-state index < -0.39 is 6.10 Å². The minimum absolute atomic E-state index is 0.119. The van der Waals surface area contributed by atoms with Gasteiger partial charge in [-0.2, -0.15) is 0 Å². The number of esters is 2. The van der Waals surface area contributed by atoms with Gasteiger partial charge in [0.25, 0.3) is 0 Å². The molecule has 0 fully saturated rings. The first-order chi connectivity index (χ1) is 35.6. The topological polar surface area (TPSA) is 72.8 Å². The van der Waals surface area contributed by atoms with E-state index >= 15 is 0 Å². The summed E-state index contributed by atoms with van der Waals surface area (Å²) in [6.07, 6.45) is 95.9. The average Bonchev–Trinajstić information content (AvgIpc) is 3.38. The Morgan fingerprint density at radius 3 is 0.889 bits per heavy atom. The molecule has 0 saturated heterocycles. The summed E-state index contributed by atoms with van der Waals surface area (Å²) in [7, 11) is 0. The number of unbranched alkanes of at least 4 members (excludes halogenated alkanes) is 11. The summed E-state index contributed by atoms with van der Waals surface area (Å²) in [5.74, 6) is -0.706. The molecule has 1 N–H and O–H groups in total. The second-order valence-corrected chi connectivity index (χ2v) is 17.9. The average molecular weight is 988 g/mol. The molecule has 5 heteroatoms. The summed E-state index contributed by atoms with van der Waals surface area (Å²) in [6, 6.07) is 0. The van der Waals surface area contributed by atoms with Gasteiger partial charge in [-0.1, -0.05) is 254 Å². The molecule has 0 aromatic rings. The molecule has 0 spiro atoms. The van der Waals surface area contributed by atoms with E-state index in [0.717, 1.165) is 116 Å². The quantitative estimate of drug-likeness (QED) is 0.0374. The van der Waals surface area contributed by atoms with Crippen molar-refractivity contribution in [3.8, 4) is 0 Å². The van der Waals surface area contributed by atoms with Crippen molar-refractivity contribution in [1.29, 1.82) is 0 Å². The Hall–Kier alpha value is -5.00. The molecule has 0 aromatic carbocycles. The summed E-state index contributed by atoms with van der Waals surface area (Å²) >= 11 is 0. The second kappa shape index (κ2) is 60.3. The number of carbonyl (C=O) groups is 2. The molecule has 1 unspecified atom stereocenters. The van der Waals surface area contributed by atoms with Crippen molar-refractivity contribution in [2.24, 2.45) is 0 Å². The first-order valence-corrected chi connectivity index (χ1v) is 28.3. The Labute approximate surface area is 442 Å². The van der Waals surface area contributed by atoms with Crippen LogP contribution in [-0.4, -0.2) is 36.4 Å². The fourth-order valence-corrected chi connectivity index (χ4v) is 7.04. The van der Waals surface area contributed by atoms with Gasteiger partial charge < -0.3 is 14.6 Å². The van der Waals surface area contributed by atoms with E-state index in [9.17, 15) is 14.7 Å². The molecular formula is C67H102O5. The van der Waals surface area contributed by atoms with Gasteiger partial charge in [-0.25, -0.2) is 0 Å². The zero-order valence-corrected chi connectivity index (χ0v) is 45.6. The first-order valence-electron chi connectivity index (χ1n) is 28.3. The molecule has 0 saturated carbocycles. The number of aliphatic hydroxyl groups excluding tert-OH is 1. The van der Waals surface area contributed by atoms with Crippen LogP contribution in [0.1, 0.15) is 206 Å². The van der Waals surface area contributed by atoms with Crippen molar-refractivity contribution < 1.29 is 24.2 Å². The predicted molar refractivity (Wildman–Crippen MR) is 315 cm³/mol. The highest BCUT2D eigenvalue weighted by molar-refractivity contribution is 5.70. The molecule has 0 heterocycles. The first kappa shape index (κ1) is 67.0. The van der Waals surface area contributed by atoms with Crippen LogP contribution in [0.15, 0.2) is 182 Å². The Morgan fingerprint density at radius 1 is 0.319 bits per heavy atom. The normalized spacial score (nSPS) is 13.7. The SMILES string of the molecule is CC/C=C\C/C=C\C/C=C\C/C=C\C/C=C\C/C=C\C/C=C\C/C=C\C/C=C\CCCCCCCCCCCCCC(=O)OC(CO)COC(=O)CC/C=C\C/C=C\C/C=C\C/C=C\C/C=C\C/C=C\CC. The molecule has 5 nitrogen and oxygen atoms in total. The standard InChI is InChI=1S/C67H102O5/c1-3-5-7-9-11-13-15-17-19-21-23-24-25-26-27-28-29-30-31-32-33-34-35-36-37-38-39-40-41-42-44-46-48-50-52-54-56-58-60-62-67(70)72-65(63-68)64-71-66(69)61-59-57-55-53-51-49-47-45-43-22-20-18-16-14-12-10-8-6-4-2/h5-8,11-14,17-20,23-24,26-27,29-30,32-33,35-36,38-39,43,45,49,51,55,57,65,68H,3-4,9-10,15-16,21-22,25,28,31,34,37,40-42,44,46-48,50,52-54,56,58-64H2,1-2H3/b7-5-,8-6-,13-11-,14-12-,19-17-,20-18-,24-23-,27-26-,30-29-,33-32-,36-35-,39-38-,45-43-,51-49-,57-55-. The zero-order valence-electron chi connectivity index (χ0n) is 45.6. The van der Waals surface area contributed by atoms with Crippen LogP contribution >= 0.6 is 0 Å². The van der Waals surface area contributed by atoms with Gasteiger partial charge in [0, 0.05) is 12.8 Å². The number of carbonyl (C=O) groups excluding carboxylic acids is 2. The van der Waals surface area contributed by atoms with E-state index in [0.29, 0.717) is 12.8 Å². The zero-order chi connectivity index (χ0) is 52.0. The lowest BCUT2D eigenvalue weighted by Crippen LogP contribution is -2.28. The van der Waals surface area contributed by atoms with Crippen LogP contribution < -0.4 is 0 Å². The number of hydrogen-bond donors (Lipinski definition) is 1. The summed E-state index contributed by atoms with van der Waals surface area (Å²) in [5.41, 5.74) is 0. The van der Waals surface area contributed by atoms with Crippen LogP contribution in [0.4, 0.5) is 0 Å².